The average molecular weight is 346 g/mol. The molecule has 0 aliphatic heterocycles. The van der Waals surface area contributed by atoms with Gasteiger partial charge in [0, 0.05) is 13.0 Å². The summed E-state index contributed by atoms with van der Waals surface area (Å²) in [6, 6.07) is 4.14. The molecule has 1 aromatic carbocycles. The first-order chi connectivity index (χ1) is 12.2. The molecule has 25 heavy (non-hydrogen) atoms. The van der Waals surface area contributed by atoms with Crippen molar-refractivity contribution in [1.29, 1.82) is 0 Å². The van der Waals surface area contributed by atoms with Crippen molar-refractivity contribution in [2.45, 2.75) is 46.0 Å². The molecule has 0 aromatic heterocycles. The fourth-order valence-electron chi connectivity index (χ4n) is 3.16. The van der Waals surface area contributed by atoms with Crippen molar-refractivity contribution in [3.8, 4) is 5.75 Å². The topological polar surface area (TPSA) is 44.8 Å². The second-order valence-electron chi connectivity index (χ2n) is 6.55. The maximum Gasteiger partial charge on any atom is 0.189 e. The van der Waals surface area contributed by atoms with E-state index in [1.807, 2.05) is 19.1 Å². The van der Waals surface area contributed by atoms with Crippen LogP contribution in [0.15, 0.2) is 18.2 Å². The number of methoxy groups -OCH3 is 1. The maximum atomic E-state index is 12.2. The van der Waals surface area contributed by atoms with Crippen molar-refractivity contribution < 1.29 is 19.0 Å². The molecule has 0 radical (unpaired) electrons. The predicted molar refractivity (Wildman–Crippen MR) is 99.9 cm³/mol. The molecule has 0 bridgehead atoms. The molecule has 0 heterocycles. The van der Waals surface area contributed by atoms with Crippen LogP contribution < -0.4 is 4.74 Å². The molecular weight excluding hydrogens is 316 g/mol. The van der Waals surface area contributed by atoms with Gasteiger partial charge in [0.15, 0.2) is 12.6 Å². The molecule has 1 aromatic rings. The first kappa shape index (κ1) is 19.7. The summed E-state index contributed by atoms with van der Waals surface area (Å²) in [7, 11) is 1.65. The van der Waals surface area contributed by atoms with Gasteiger partial charge >= 0.3 is 0 Å². The maximum absolute atomic E-state index is 12.2. The van der Waals surface area contributed by atoms with Crippen molar-refractivity contribution in [3.05, 3.63) is 34.9 Å². The minimum atomic E-state index is 0.213. The van der Waals surface area contributed by atoms with Crippen molar-refractivity contribution in [1.82, 2.24) is 0 Å². The molecule has 1 saturated carbocycles. The molecule has 138 valence electrons. The molecule has 2 rings (SSSR count). The lowest BCUT2D eigenvalue weighted by Crippen LogP contribution is -2.09. The zero-order valence-corrected chi connectivity index (χ0v) is 15.7. The van der Waals surface area contributed by atoms with Crippen LogP contribution in [-0.2, 0) is 20.7 Å². The summed E-state index contributed by atoms with van der Waals surface area (Å²) in [5, 5.41) is 0. The summed E-state index contributed by atoms with van der Waals surface area (Å²) in [5.41, 5.74) is 3.30. The zero-order chi connectivity index (χ0) is 18.1. The Bertz CT molecular complexity index is 586. The highest BCUT2D eigenvalue weighted by Crippen LogP contribution is 2.28. The minimum Gasteiger partial charge on any atom is -0.467 e. The lowest BCUT2D eigenvalue weighted by atomic mass is 9.99. The number of allylic oxidation sites excluding steroid dienone is 1. The van der Waals surface area contributed by atoms with E-state index in [9.17, 15) is 4.79 Å². The molecule has 1 aliphatic carbocycles. The molecular formula is C21H30O4. The van der Waals surface area contributed by atoms with E-state index in [0.717, 1.165) is 41.7 Å². The van der Waals surface area contributed by atoms with Crippen LogP contribution in [-0.4, -0.2) is 32.9 Å². The Morgan fingerprint density at radius 1 is 1.24 bits per heavy atom. The van der Waals surface area contributed by atoms with E-state index in [0.29, 0.717) is 13.2 Å². The van der Waals surface area contributed by atoms with Crippen molar-refractivity contribution >= 4 is 11.9 Å². The predicted octanol–water partition coefficient (Wildman–Crippen LogP) is 4.33. The van der Waals surface area contributed by atoms with Gasteiger partial charge in [-0.1, -0.05) is 25.8 Å². The van der Waals surface area contributed by atoms with Crippen LogP contribution in [0, 0.1) is 12.8 Å². The summed E-state index contributed by atoms with van der Waals surface area (Å²) >= 11 is 0. The number of carbonyl (C=O) groups is 1. The number of hydrogen-bond acceptors (Lipinski definition) is 4. The van der Waals surface area contributed by atoms with E-state index in [-0.39, 0.29) is 18.5 Å². The molecule has 0 N–H and O–H groups in total. The summed E-state index contributed by atoms with van der Waals surface area (Å²) in [6.07, 6.45) is 9.02. The van der Waals surface area contributed by atoms with Gasteiger partial charge in [-0.2, -0.15) is 0 Å². The fourth-order valence-corrected chi connectivity index (χ4v) is 3.16. The van der Waals surface area contributed by atoms with Gasteiger partial charge in [-0.25, -0.2) is 0 Å². The van der Waals surface area contributed by atoms with Gasteiger partial charge < -0.3 is 14.2 Å². The van der Waals surface area contributed by atoms with E-state index in [4.69, 9.17) is 14.2 Å². The lowest BCUT2D eigenvalue weighted by Gasteiger charge is -2.13. The molecule has 0 atom stereocenters. The third kappa shape index (κ3) is 5.98. The molecule has 0 spiro atoms. The van der Waals surface area contributed by atoms with E-state index in [2.05, 4.69) is 13.0 Å². The Morgan fingerprint density at radius 3 is 2.68 bits per heavy atom. The molecule has 4 heteroatoms. The molecule has 1 aliphatic rings. The lowest BCUT2D eigenvalue weighted by molar-refractivity contribution is -0.117. The molecule has 0 amide bonds. The van der Waals surface area contributed by atoms with Gasteiger partial charge in [0.25, 0.3) is 0 Å². The van der Waals surface area contributed by atoms with Gasteiger partial charge in [-0.05, 0) is 61.1 Å². The number of benzene rings is 1. The molecule has 0 saturated heterocycles. The second kappa shape index (κ2) is 10.4. The molecule has 0 unspecified atom stereocenters. The first-order valence-corrected chi connectivity index (χ1v) is 9.20. The number of hydrogen-bond donors (Lipinski definition) is 0. The van der Waals surface area contributed by atoms with E-state index >= 15 is 0 Å². The average Bonchev–Trinajstić information content (AvgIpc) is 3.15. The van der Waals surface area contributed by atoms with Crippen LogP contribution in [0.1, 0.15) is 49.3 Å². The normalized spacial score (nSPS) is 15.2. The Hall–Kier alpha value is -1.65. The van der Waals surface area contributed by atoms with Gasteiger partial charge in [0.05, 0.1) is 13.2 Å². The smallest absolute Gasteiger partial charge is 0.189 e. The zero-order valence-electron chi connectivity index (χ0n) is 15.7. The van der Waals surface area contributed by atoms with E-state index in [1.165, 1.54) is 12.8 Å². The fraction of sp³-hybridized carbons (Fsp3) is 0.571. The third-order valence-electron chi connectivity index (χ3n) is 4.74. The van der Waals surface area contributed by atoms with Gasteiger partial charge in [-0.3, -0.25) is 4.79 Å². The minimum absolute atomic E-state index is 0.213. The Labute approximate surface area is 151 Å². The largest absolute Gasteiger partial charge is 0.467 e. The second-order valence-corrected chi connectivity index (χ2v) is 6.55. The summed E-state index contributed by atoms with van der Waals surface area (Å²) in [6.45, 7) is 5.42. The molecule has 1 fully saturated rings. The SMILES string of the molecule is CCc1cc(C=CC(=O)C2CCCC2)c(C)cc1OCOCCOC. The summed E-state index contributed by atoms with van der Waals surface area (Å²) in [5.74, 6) is 1.34. The highest BCUT2D eigenvalue weighted by Gasteiger charge is 2.20. The van der Waals surface area contributed by atoms with Crippen molar-refractivity contribution in [3.63, 3.8) is 0 Å². The number of ketones is 1. The Balaban J connectivity index is 2.00. The van der Waals surface area contributed by atoms with Gasteiger partial charge in [0.2, 0.25) is 0 Å². The Morgan fingerprint density at radius 2 is 2.00 bits per heavy atom. The quantitative estimate of drug-likeness (QED) is 0.359. The van der Waals surface area contributed by atoms with Crippen LogP contribution in [0.3, 0.4) is 0 Å². The Kier molecular flexibility index (Phi) is 8.16. The third-order valence-corrected chi connectivity index (χ3v) is 4.74. The standard InChI is InChI=1S/C21H30O4/c1-4-17-14-19(9-10-20(22)18-7-5-6-8-18)16(2)13-21(17)25-15-24-12-11-23-3/h9-10,13-14,18H,4-8,11-12,15H2,1-3H3. The van der Waals surface area contributed by atoms with Crippen LogP contribution in [0.4, 0.5) is 0 Å². The molecule has 4 nitrogen and oxygen atoms in total. The monoisotopic (exact) mass is 346 g/mol. The summed E-state index contributed by atoms with van der Waals surface area (Å²) in [4.78, 5) is 12.2. The highest BCUT2D eigenvalue weighted by atomic mass is 16.7. The van der Waals surface area contributed by atoms with Gasteiger partial charge in [-0.15, -0.1) is 0 Å². The summed E-state index contributed by atoms with van der Waals surface area (Å²) < 4.78 is 16.1. The van der Waals surface area contributed by atoms with Crippen molar-refractivity contribution in [2.24, 2.45) is 5.92 Å². The van der Waals surface area contributed by atoms with Gasteiger partial charge in [0.1, 0.15) is 5.75 Å². The van der Waals surface area contributed by atoms with Crippen LogP contribution >= 0.6 is 0 Å². The number of rotatable bonds is 10. The van der Waals surface area contributed by atoms with Crippen LogP contribution in [0.25, 0.3) is 6.08 Å². The van der Waals surface area contributed by atoms with Crippen LogP contribution in [0.2, 0.25) is 0 Å². The number of aryl methyl sites for hydroxylation is 2. The van der Waals surface area contributed by atoms with E-state index < -0.39 is 0 Å². The highest BCUT2D eigenvalue weighted by molar-refractivity contribution is 5.95. The number of carbonyl (C=O) groups excluding carboxylic acids is 1. The van der Waals surface area contributed by atoms with E-state index in [1.54, 1.807) is 13.2 Å². The van der Waals surface area contributed by atoms with Crippen LogP contribution in [0.5, 0.6) is 5.75 Å². The first-order valence-electron chi connectivity index (χ1n) is 9.20. The van der Waals surface area contributed by atoms with Crippen molar-refractivity contribution in [2.75, 3.05) is 27.1 Å². The number of ether oxygens (including phenoxy) is 3.